The molecule has 1 atom stereocenters. The number of methoxy groups -OCH3 is 1. The summed E-state index contributed by atoms with van der Waals surface area (Å²) < 4.78 is 29.7. The number of carbonyl (C=O) groups is 1. The summed E-state index contributed by atoms with van der Waals surface area (Å²) >= 11 is 6.28. The molecule has 0 saturated carbocycles. The highest BCUT2D eigenvalue weighted by Gasteiger charge is 2.27. The van der Waals surface area contributed by atoms with Crippen LogP contribution in [0.5, 0.6) is 11.5 Å². The van der Waals surface area contributed by atoms with Crippen LogP contribution in [0, 0.1) is 5.82 Å². The maximum atomic E-state index is 13.1. The lowest BCUT2D eigenvalue weighted by Gasteiger charge is -2.33. The smallest absolute Gasteiger partial charge is 0.254 e. The fourth-order valence-corrected chi connectivity index (χ4v) is 3.29. The quantitative estimate of drug-likeness (QED) is 0.767. The van der Waals surface area contributed by atoms with Gasteiger partial charge in [0.05, 0.1) is 31.9 Å². The molecule has 1 aliphatic rings. The molecule has 2 aromatic carbocycles. The highest BCUT2D eigenvalue weighted by molar-refractivity contribution is 6.32. The average Bonchev–Trinajstić information content (AvgIpc) is 2.69. The van der Waals surface area contributed by atoms with Crippen molar-refractivity contribution in [2.24, 2.45) is 0 Å². The standard InChI is InChI=1S/C20H21ClFNO4/c1-3-26-19-16(21)10-14(11-17(19)25-2)20(24)23-8-9-27-18(12-23)13-4-6-15(22)7-5-13/h4-7,10-11,18H,3,8-9,12H2,1-2H3. The zero-order valence-electron chi connectivity index (χ0n) is 15.2. The van der Waals surface area contributed by atoms with Crippen LogP contribution in [0.4, 0.5) is 4.39 Å². The molecule has 7 heteroatoms. The summed E-state index contributed by atoms with van der Waals surface area (Å²) in [5.74, 6) is 0.354. The zero-order chi connectivity index (χ0) is 19.4. The van der Waals surface area contributed by atoms with Crippen LogP contribution in [-0.4, -0.2) is 44.2 Å². The van der Waals surface area contributed by atoms with E-state index in [0.717, 1.165) is 5.56 Å². The van der Waals surface area contributed by atoms with E-state index in [4.69, 9.17) is 25.8 Å². The molecule has 0 spiro atoms. The van der Waals surface area contributed by atoms with Gasteiger partial charge in [0.1, 0.15) is 11.9 Å². The predicted octanol–water partition coefficient (Wildman–Crippen LogP) is 4.10. The Bertz CT molecular complexity index is 812. The second-order valence-corrected chi connectivity index (χ2v) is 6.49. The Morgan fingerprint density at radius 1 is 1.33 bits per heavy atom. The fourth-order valence-electron chi connectivity index (χ4n) is 3.02. The van der Waals surface area contributed by atoms with E-state index in [1.54, 1.807) is 29.2 Å². The van der Waals surface area contributed by atoms with Gasteiger partial charge in [0.25, 0.3) is 5.91 Å². The molecule has 0 bridgehead atoms. The number of ether oxygens (including phenoxy) is 3. The van der Waals surface area contributed by atoms with Crippen molar-refractivity contribution >= 4 is 17.5 Å². The highest BCUT2D eigenvalue weighted by atomic mass is 35.5. The lowest BCUT2D eigenvalue weighted by molar-refractivity contribution is -0.0228. The van der Waals surface area contributed by atoms with Crippen LogP contribution in [0.15, 0.2) is 36.4 Å². The molecular formula is C20H21ClFNO4. The third kappa shape index (κ3) is 4.34. The van der Waals surface area contributed by atoms with Crippen molar-refractivity contribution in [1.29, 1.82) is 0 Å². The van der Waals surface area contributed by atoms with E-state index in [1.165, 1.54) is 19.2 Å². The summed E-state index contributed by atoms with van der Waals surface area (Å²) in [5, 5.41) is 0.322. The Morgan fingerprint density at radius 2 is 2.07 bits per heavy atom. The molecule has 0 radical (unpaired) electrons. The molecule has 3 rings (SSSR count). The average molecular weight is 394 g/mol. The summed E-state index contributed by atoms with van der Waals surface area (Å²) in [6, 6.07) is 9.32. The Labute approximate surface area is 162 Å². The Kier molecular flexibility index (Phi) is 6.19. The van der Waals surface area contributed by atoms with Gasteiger partial charge in [-0.15, -0.1) is 0 Å². The molecule has 0 N–H and O–H groups in total. The van der Waals surface area contributed by atoms with Crippen molar-refractivity contribution in [3.05, 3.63) is 58.4 Å². The minimum Gasteiger partial charge on any atom is -0.493 e. The molecule has 0 aromatic heterocycles. The largest absolute Gasteiger partial charge is 0.493 e. The predicted molar refractivity (Wildman–Crippen MR) is 100 cm³/mol. The van der Waals surface area contributed by atoms with Crippen LogP contribution in [0.2, 0.25) is 5.02 Å². The van der Waals surface area contributed by atoms with Gasteiger partial charge >= 0.3 is 0 Å². The number of rotatable bonds is 5. The zero-order valence-corrected chi connectivity index (χ0v) is 16.0. The second kappa shape index (κ2) is 8.59. The Morgan fingerprint density at radius 3 is 2.74 bits per heavy atom. The molecule has 1 heterocycles. The van der Waals surface area contributed by atoms with E-state index >= 15 is 0 Å². The van der Waals surface area contributed by atoms with Crippen molar-refractivity contribution in [2.45, 2.75) is 13.0 Å². The van der Waals surface area contributed by atoms with Crippen LogP contribution in [0.3, 0.4) is 0 Å². The molecule has 5 nitrogen and oxygen atoms in total. The van der Waals surface area contributed by atoms with Crippen molar-refractivity contribution in [3.63, 3.8) is 0 Å². The number of carbonyl (C=O) groups excluding carboxylic acids is 1. The first kappa shape index (κ1) is 19.5. The first-order valence-corrected chi connectivity index (χ1v) is 9.08. The van der Waals surface area contributed by atoms with Crippen LogP contribution in [0.25, 0.3) is 0 Å². The van der Waals surface area contributed by atoms with Crippen LogP contribution in [0.1, 0.15) is 28.9 Å². The van der Waals surface area contributed by atoms with Gasteiger partial charge in [0, 0.05) is 12.1 Å². The van der Waals surface area contributed by atoms with E-state index in [1.807, 2.05) is 6.92 Å². The van der Waals surface area contributed by atoms with E-state index in [0.29, 0.717) is 48.4 Å². The molecule has 1 amide bonds. The van der Waals surface area contributed by atoms with E-state index in [9.17, 15) is 9.18 Å². The monoisotopic (exact) mass is 393 g/mol. The maximum Gasteiger partial charge on any atom is 0.254 e. The van der Waals surface area contributed by atoms with Crippen LogP contribution < -0.4 is 9.47 Å². The first-order valence-electron chi connectivity index (χ1n) is 8.70. The molecule has 144 valence electrons. The number of morpholine rings is 1. The van der Waals surface area contributed by atoms with Crippen LogP contribution in [-0.2, 0) is 4.74 Å². The van der Waals surface area contributed by atoms with Crippen molar-refractivity contribution in [2.75, 3.05) is 33.4 Å². The van der Waals surface area contributed by atoms with E-state index in [2.05, 4.69) is 0 Å². The molecule has 0 aliphatic carbocycles. The molecular weight excluding hydrogens is 373 g/mol. The molecule has 1 unspecified atom stereocenters. The number of hydrogen-bond acceptors (Lipinski definition) is 4. The molecule has 2 aromatic rings. The summed E-state index contributed by atoms with van der Waals surface area (Å²) in [6.45, 7) is 3.52. The maximum absolute atomic E-state index is 13.1. The summed E-state index contributed by atoms with van der Waals surface area (Å²) in [6.07, 6.45) is -0.302. The number of benzene rings is 2. The van der Waals surface area contributed by atoms with Gasteiger partial charge in [0.2, 0.25) is 0 Å². The summed E-state index contributed by atoms with van der Waals surface area (Å²) in [7, 11) is 1.50. The molecule has 1 saturated heterocycles. The number of nitrogens with zero attached hydrogens (tertiary/aromatic N) is 1. The lowest BCUT2D eigenvalue weighted by atomic mass is 10.1. The van der Waals surface area contributed by atoms with Gasteiger partial charge in [-0.1, -0.05) is 23.7 Å². The Balaban J connectivity index is 1.80. The van der Waals surface area contributed by atoms with Crippen molar-refractivity contribution in [3.8, 4) is 11.5 Å². The number of amides is 1. The number of hydrogen-bond donors (Lipinski definition) is 0. The van der Waals surface area contributed by atoms with Gasteiger partial charge in [-0.05, 0) is 36.8 Å². The normalized spacial score (nSPS) is 16.9. The van der Waals surface area contributed by atoms with Gasteiger partial charge in [-0.25, -0.2) is 4.39 Å². The van der Waals surface area contributed by atoms with Gasteiger partial charge < -0.3 is 19.1 Å². The molecule has 27 heavy (non-hydrogen) atoms. The van der Waals surface area contributed by atoms with Gasteiger partial charge in [-0.3, -0.25) is 4.79 Å². The third-order valence-electron chi connectivity index (χ3n) is 4.36. The summed E-state index contributed by atoms with van der Waals surface area (Å²) in [4.78, 5) is 14.7. The van der Waals surface area contributed by atoms with Gasteiger partial charge in [0.15, 0.2) is 11.5 Å². The topological polar surface area (TPSA) is 48.0 Å². The van der Waals surface area contributed by atoms with Gasteiger partial charge in [-0.2, -0.15) is 0 Å². The SMILES string of the molecule is CCOc1c(Cl)cc(C(=O)N2CCOC(c3ccc(F)cc3)C2)cc1OC. The first-order chi connectivity index (χ1) is 13.0. The fraction of sp³-hybridized carbons (Fsp3) is 0.350. The van der Waals surface area contributed by atoms with E-state index < -0.39 is 0 Å². The minimum absolute atomic E-state index is 0.173. The van der Waals surface area contributed by atoms with E-state index in [-0.39, 0.29) is 17.8 Å². The molecule has 1 fully saturated rings. The number of halogens is 2. The highest BCUT2D eigenvalue weighted by Crippen LogP contribution is 2.37. The second-order valence-electron chi connectivity index (χ2n) is 6.08. The lowest BCUT2D eigenvalue weighted by Crippen LogP contribution is -2.42. The van der Waals surface area contributed by atoms with Crippen LogP contribution >= 0.6 is 11.6 Å². The van der Waals surface area contributed by atoms with Crippen molar-refractivity contribution < 1.29 is 23.4 Å². The van der Waals surface area contributed by atoms with Crippen molar-refractivity contribution in [1.82, 2.24) is 4.90 Å². The molecule has 1 aliphatic heterocycles. The third-order valence-corrected chi connectivity index (χ3v) is 4.64. The summed E-state index contributed by atoms with van der Waals surface area (Å²) in [5.41, 5.74) is 1.25. The Hall–Kier alpha value is -2.31. The minimum atomic E-state index is -0.307.